The highest BCUT2D eigenvalue weighted by molar-refractivity contribution is 6.05. The van der Waals surface area contributed by atoms with E-state index in [-0.39, 0.29) is 5.91 Å². The van der Waals surface area contributed by atoms with Gasteiger partial charge in [0.15, 0.2) is 5.54 Å². The van der Waals surface area contributed by atoms with E-state index in [1.165, 1.54) is 6.92 Å². The van der Waals surface area contributed by atoms with Crippen LogP contribution in [0.4, 0.5) is 5.69 Å². The van der Waals surface area contributed by atoms with E-state index in [2.05, 4.69) is 10.4 Å². The van der Waals surface area contributed by atoms with Gasteiger partial charge in [-0.3, -0.25) is 9.80 Å². The van der Waals surface area contributed by atoms with Crippen molar-refractivity contribution >= 4 is 23.3 Å². The van der Waals surface area contributed by atoms with Crippen LogP contribution in [0.2, 0.25) is 0 Å². The lowest BCUT2D eigenvalue weighted by molar-refractivity contribution is -0.149. The third-order valence-corrected chi connectivity index (χ3v) is 3.62. The number of hydrogen-bond acceptors (Lipinski definition) is 4. The second-order valence-corrected chi connectivity index (χ2v) is 5.28. The second kappa shape index (κ2) is 5.55. The molecule has 1 unspecified atom stereocenters. The number of rotatable bonds is 4. The molecule has 1 aliphatic heterocycles. The van der Waals surface area contributed by atoms with Crippen LogP contribution in [0.25, 0.3) is 0 Å². The molecule has 2 rings (SSSR count). The maximum atomic E-state index is 11.5. The van der Waals surface area contributed by atoms with Crippen LogP contribution in [0.15, 0.2) is 29.4 Å². The average molecular weight is 289 g/mol. The van der Waals surface area contributed by atoms with Gasteiger partial charge in [0.2, 0.25) is 5.91 Å². The largest absolute Gasteiger partial charge is 0.479 e. The van der Waals surface area contributed by atoms with Crippen LogP contribution in [0.5, 0.6) is 0 Å². The minimum absolute atomic E-state index is 0.128. The molecule has 0 saturated heterocycles. The van der Waals surface area contributed by atoms with E-state index in [4.69, 9.17) is 0 Å². The number of anilines is 1. The molecule has 0 saturated carbocycles. The van der Waals surface area contributed by atoms with Crippen molar-refractivity contribution in [1.82, 2.24) is 5.01 Å². The molecule has 0 fully saturated rings. The van der Waals surface area contributed by atoms with Gasteiger partial charge >= 0.3 is 5.97 Å². The molecule has 1 atom stereocenters. The molecule has 0 radical (unpaired) electrons. The van der Waals surface area contributed by atoms with Crippen molar-refractivity contribution in [3.05, 3.63) is 29.8 Å². The number of likely N-dealkylation sites (N-methyl/N-ethyl adjacent to an activating group) is 1. The highest BCUT2D eigenvalue weighted by atomic mass is 16.4. The Morgan fingerprint density at radius 2 is 2.00 bits per heavy atom. The fourth-order valence-electron chi connectivity index (χ4n) is 2.42. The van der Waals surface area contributed by atoms with Gasteiger partial charge < -0.3 is 10.4 Å². The zero-order valence-electron chi connectivity index (χ0n) is 12.4. The van der Waals surface area contributed by atoms with E-state index in [0.29, 0.717) is 18.7 Å². The van der Waals surface area contributed by atoms with Crippen LogP contribution in [-0.4, -0.2) is 39.8 Å². The molecule has 6 nitrogen and oxygen atoms in total. The van der Waals surface area contributed by atoms with Crippen molar-refractivity contribution in [2.45, 2.75) is 32.7 Å². The monoisotopic (exact) mass is 289 g/mol. The predicted octanol–water partition coefficient (Wildman–Crippen LogP) is 1.92. The number of carbonyl (C=O) groups excluding carboxylic acids is 1. The van der Waals surface area contributed by atoms with Gasteiger partial charge in [-0.25, -0.2) is 4.79 Å². The number of nitrogens with one attached hydrogen (secondary N) is 1. The Morgan fingerprint density at radius 1 is 1.38 bits per heavy atom. The van der Waals surface area contributed by atoms with Crippen LogP contribution < -0.4 is 5.32 Å². The van der Waals surface area contributed by atoms with Gasteiger partial charge in [0.05, 0.1) is 5.71 Å². The van der Waals surface area contributed by atoms with E-state index in [9.17, 15) is 14.7 Å². The highest BCUT2D eigenvalue weighted by Gasteiger charge is 2.44. The first-order chi connectivity index (χ1) is 9.86. The normalized spacial score (nSPS) is 21.1. The molecule has 6 heteroatoms. The van der Waals surface area contributed by atoms with Crippen molar-refractivity contribution < 1.29 is 14.7 Å². The lowest BCUT2D eigenvalue weighted by Crippen LogP contribution is -2.47. The quantitative estimate of drug-likeness (QED) is 0.887. The van der Waals surface area contributed by atoms with Gasteiger partial charge in [-0.1, -0.05) is 12.1 Å². The van der Waals surface area contributed by atoms with E-state index < -0.39 is 11.5 Å². The first kappa shape index (κ1) is 15.0. The Bertz CT molecular complexity index is 595. The van der Waals surface area contributed by atoms with Crippen LogP contribution in [-0.2, 0) is 9.59 Å². The highest BCUT2D eigenvalue weighted by Crippen LogP contribution is 2.30. The predicted molar refractivity (Wildman–Crippen MR) is 80.3 cm³/mol. The summed E-state index contributed by atoms with van der Waals surface area (Å²) in [5, 5.41) is 18.1. The fraction of sp³-hybridized carbons (Fsp3) is 0.400. The van der Waals surface area contributed by atoms with Gasteiger partial charge in [-0.05, 0) is 31.5 Å². The average Bonchev–Trinajstić information content (AvgIpc) is 2.77. The van der Waals surface area contributed by atoms with E-state index in [0.717, 1.165) is 11.3 Å². The number of carboxylic acids is 1. The number of amides is 1. The number of carbonyl (C=O) groups is 2. The Morgan fingerprint density at radius 3 is 2.43 bits per heavy atom. The Labute approximate surface area is 123 Å². The number of hydrogen-bond donors (Lipinski definition) is 2. The molecule has 112 valence electrons. The number of benzene rings is 1. The van der Waals surface area contributed by atoms with Crippen molar-refractivity contribution in [1.29, 1.82) is 0 Å². The van der Waals surface area contributed by atoms with Crippen molar-refractivity contribution in [3.8, 4) is 0 Å². The molecule has 1 aromatic carbocycles. The molecule has 0 spiro atoms. The first-order valence-electron chi connectivity index (χ1n) is 6.83. The standard InChI is InChI=1S/C15H19N3O3/c1-4-18-15(3,14(20)21)9-13(17-18)11-5-7-12(8-6-11)16-10(2)19/h5-8H,4,9H2,1-3H3,(H,16,19)(H,20,21). The zero-order valence-corrected chi connectivity index (χ0v) is 12.4. The van der Waals surface area contributed by atoms with Crippen molar-refractivity contribution in [2.24, 2.45) is 5.10 Å². The summed E-state index contributed by atoms with van der Waals surface area (Å²) in [5.74, 6) is -1.01. The summed E-state index contributed by atoms with van der Waals surface area (Å²) in [6.07, 6.45) is 0.357. The summed E-state index contributed by atoms with van der Waals surface area (Å²) >= 11 is 0. The lowest BCUT2D eigenvalue weighted by atomic mass is 9.93. The SMILES string of the molecule is CCN1N=C(c2ccc(NC(C)=O)cc2)CC1(C)C(=O)O. The third kappa shape index (κ3) is 2.89. The summed E-state index contributed by atoms with van der Waals surface area (Å²) in [4.78, 5) is 22.5. The minimum Gasteiger partial charge on any atom is -0.479 e. The minimum atomic E-state index is -1.000. The maximum Gasteiger partial charge on any atom is 0.331 e. The fourth-order valence-corrected chi connectivity index (χ4v) is 2.42. The smallest absolute Gasteiger partial charge is 0.331 e. The van der Waals surface area contributed by atoms with Gasteiger partial charge in [-0.15, -0.1) is 0 Å². The molecule has 1 aromatic rings. The number of nitrogens with zero attached hydrogens (tertiary/aromatic N) is 2. The molecule has 1 amide bonds. The van der Waals surface area contributed by atoms with E-state index in [1.54, 1.807) is 24.1 Å². The summed E-state index contributed by atoms with van der Waals surface area (Å²) in [6.45, 7) is 5.55. The van der Waals surface area contributed by atoms with Gasteiger partial charge in [0, 0.05) is 25.6 Å². The Hall–Kier alpha value is -2.37. The van der Waals surface area contributed by atoms with Gasteiger partial charge in [0.25, 0.3) is 0 Å². The second-order valence-electron chi connectivity index (χ2n) is 5.28. The van der Waals surface area contributed by atoms with Crippen molar-refractivity contribution in [3.63, 3.8) is 0 Å². The molecular weight excluding hydrogens is 270 g/mol. The zero-order chi connectivity index (χ0) is 15.6. The molecule has 2 N–H and O–H groups in total. The molecule has 21 heavy (non-hydrogen) atoms. The first-order valence-corrected chi connectivity index (χ1v) is 6.83. The lowest BCUT2D eigenvalue weighted by Gasteiger charge is -2.28. The number of hydrazone groups is 1. The molecular formula is C15H19N3O3. The van der Waals surface area contributed by atoms with Crippen LogP contribution >= 0.6 is 0 Å². The van der Waals surface area contributed by atoms with E-state index in [1.807, 2.05) is 19.1 Å². The third-order valence-electron chi connectivity index (χ3n) is 3.62. The summed E-state index contributed by atoms with van der Waals surface area (Å²) < 4.78 is 0. The molecule has 1 heterocycles. The summed E-state index contributed by atoms with van der Waals surface area (Å²) in [6, 6.07) is 7.25. The molecule has 1 aliphatic rings. The van der Waals surface area contributed by atoms with Crippen LogP contribution in [0.1, 0.15) is 32.8 Å². The molecule has 0 bridgehead atoms. The van der Waals surface area contributed by atoms with Crippen LogP contribution in [0, 0.1) is 0 Å². The van der Waals surface area contributed by atoms with Crippen LogP contribution in [0.3, 0.4) is 0 Å². The Kier molecular flexibility index (Phi) is 3.97. The molecule has 0 aliphatic carbocycles. The number of aliphatic carboxylic acids is 1. The summed E-state index contributed by atoms with van der Waals surface area (Å²) in [5.41, 5.74) is 1.32. The number of carboxylic acid groups (broad SMARTS) is 1. The van der Waals surface area contributed by atoms with Gasteiger partial charge in [-0.2, -0.15) is 5.10 Å². The maximum absolute atomic E-state index is 11.5. The van der Waals surface area contributed by atoms with Crippen molar-refractivity contribution in [2.75, 3.05) is 11.9 Å². The summed E-state index contributed by atoms with van der Waals surface area (Å²) in [7, 11) is 0. The Balaban J connectivity index is 2.23. The van der Waals surface area contributed by atoms with Gasteiger partial charge in [0.1, 0.15) is 0 Å². The topological polar surface area (TPSA) is 82.0 Å². The van der Waals surface area contributed by atoms with E-state index >= 15 is 0 Å². The molecule has 0 aromatic heterocycles.